The highest BCUT2D eigenvalue weighted by molar-refractivity contribution is 7.17. The zero-order valence-electron chi connectivity index (χ0n) is 20.5. The molecule has 0 aliphatic heterocycles. The first-order valence-corrected chi connectivity index (χ1v) is 13.1. The number of fused-ring (bicyclic) bond motifs is 2. The van der Waals surface area contributed by atoms with Crippen LogP contribution in [-0.4, -0.2) is 32.6 Å². The Morgan fingerprint density at radius 1 is 1.19 bits per heavy atom. The van der Waals surface area contributed by atoms with E-state index in [4.69, 9.17) is 4.74 Å². The number of amides is 1. The lowest BCUT2D eigenvalue weighted by Crippen LogP contribution is -2.19. The number of esters is 1. The molecule has 5 rings (SSSR count). The highest BCUT2D eigenvalue weighted by Crippen LogP contribution is 2.39. The number of nitrogens with one attached hydrogen (secondary N) is 1. The van der Waals surface area contributed by atoms with Gasteiger partial charge >= 0.3 is 5.97 Å². The lowest BCUT2D eigenvalue weighted by Gasteiger charge is -2.15. The van der Waals surface area contributed by atoms with Gasteiger partial charge in [0.15, 0.2) is 5.65 Å². The summed E-state index contributed by atoms with van der Waals surface area (Å²) < 4.78 is 34.4. The monoisotopic (exact) mass is 524 g/mol. The molecule has 0 spiro atoms. The first-order valence-electron chi connectivity index (χ1n) is 12.3. The van der Waals surface area contributed by atoms with Crippen LogP contribution in [0.3, 0.4) is 0 Å². The van der Waals surface area contributed by atoms with Crippen molar-refractivity contribution in [1.82, 2.24) is 14.6 Å². The van der Waals surface area contributed by atoms with Gasteiger partial charge in [0, 0.05) is 10.4 Å². The van der Waals surface area contributed by atoms with E-state index in [1.165, 1.54) is 23.6 Å². The van der Waals surface area contributed by atoms with Gasteiger partial charge in [-0.1, -0.05) is 37.3 Å². The summed E-state index contributed by atoms with van der Waals surface area (Å²) in [6, 6.07) is 10.2. The molecule has 1 atom stereocenters. The van der Waals surface area contributed by atoms with Gasteiger partial charge in [-0.2, -0.15) is 5.10 Å². The molecule has 4 aromatic rings. The zero-order chi connectivity index (χ0) is 26.1. The van der Waals surface area contributed by atoms with Gasteiger partial charge in [0.2, 0.25) is 0 Å². The molecular weight excluding hydrogens is 498 g/mol. The summed E-state index contributed by atoms with van der Waals surface area (Å²) in [7, 11) is 0. The number of hydrogen-bond acceptors (Lipinski definition) is 6. The van der Waals surface area contributed by atoms with Gasteiger partial charge < -0.3 is 10.1 Å². The second kappa shape index (κ2) is 10.4. The Labute approximate surface area is 216 Å². The van der Waals surface area contributed by atoms with Gasteiger partial charge in [-0.15, -0.1) is 11.3 Å². The molecule has 1 aliphatic rings. The third kappa shape index (κ3) is 4.85. The number of aryl methyl sites for hydroxylation is 1. The molecule has 0 radical (unpaired) electrons. The van der Waals surface area contributed by atoms with Crippen molar-refractivity contribution in [2.75, 3.05) is 5.32 Å². The van der Waals surface area contributed by atoms with Crippen molar-refractivity contribution in [1.29, 1.82) is 0 Å². The molecule has 1 amide bonds. The summed E-state index contributed by atoms with van der Waals surface area (Å²) in [6.45, 7) is 3.75. The molecule has 0 saturated carbocycles. The van der Waals surface area contributed by atoms with Gasteiger partial charge in [-0.3, -0.25) is 4.79 Å². The lowest BCUT2D eigenvalue weighted by atomic mass is 9.95. The van der Waals surface area contributed by atoms with Crippen LogP contribution < -0.4 is 5.32 Å². The largest absolute Gasteiger partial charge is 0.459 e. The number of nitrogens with zero attached hydrogens (tertiary/aromatic N) is 3. The van der Waals surface area contributed by atoms with Crippen molar-refractivity contribution in [2.24, 2.45) is 0 Å². The minimum Gasteiger partial charge on any atom is -0.459 e. The van der Waals surface area contributed by atoms with Crippen molar-refractivity contribution in [3.8, 4) is 11.3 Å². The average Bonchev–Trinajstić information content (AvgIpc) is 3.49. The predicted octanol–water partition coefficient (Wildman–Crippen LogP) is 6.48. The van der Waals surface area contributed by atoms with Crippen molar-refractivity contribution < 1.29 is 23.1 Å². The van der Waals surface area contributed by atoms with Crippen LogP contribution >= 0.6 is 11.3 Å². The lowest BCUT2D eigenvalue weighted by molar-refractivity contribution is 0.0335. The van der Waals surface area contributed by atoms with Gasteiger partial charge in [0.25, 0.3) is 12.3 Å². The molecule has 0 saturated heterocycles. The highest BCUT2D eigenvalue weighted by atomic mass is 32.1. The number of aromatic nitrogens is 3. The highest BCUT2D eigenvalue weighted by Gasteiger charge is 2.29. The fourth-order valence-corrected chi connectivity index (χ4v) is 5.70. The molecule has 1 N–H and O–H groups in total. The summed E-state index contributed by atoms with van der Waals surface area (Å²) in [5, 5.41) is 7.28. The smallest absolute Gasteiger partial charge is 0.341 e. The van der Waals surface area contributed by atoms with Crippen LogP contribution in [0.25, 0.3) is 16.9 Å². The van der Waals surface area contributed by atoms with E-state index < -0.39 is 18.3 Å². The van der Waals surface area contributed by atoms with Crippen molar-refractivity contribution in [3.63, 3.8) is 0 Å². The fraction of sp³-hybridized carbons (Fsp3) is 0.333. The topological polar surface area (TPSA) is 85.6 Å². The maximum atomic E-state index is 13.9. The van der Waals surface area contributed by atoms with E-state index in [1.54, 1.807) is 24.3 Å². The van der Waals surface area contributed by atoms with Crippen LogP contribution in [-0.2, 0) is 17.6 Å². The van der Waals surface area contributed by atoms with E-state index in [-0.39, 0.29) is 23.0 Å². The first kappa shape index (κ1) is 25.0. The van der Waals surface area contributed by atoms with E-state index in [1.807, 2.05) is 19.9 Å². The minimum atomic E-state index is -2.82. The van der Waals surface area contributed by atoms with Crippen LogP contribution in [0.5, 0.6) is 0 Å². The number of carbonyl (C=O) groups excluding carboxylic acids is 2. The van der Waals surface area contributed by atoms with E-state index >= 15 is 0 Å². The fourth-order valence-electron chi connectivity index (χ4n) is 4.42. The van der Waals surface area contributed by atoms with Crippen LogP contribution in [0, 0.1) is 0 Å². The number of hydrogen-bond donors (Lipinski definition) is 1. The molecule has 3 aromatic heterocycles. The third-order valence-electron chi connectivity index (χ3n) is 6.52. The normalized spacial score (nSPS) is 14.0. The van der Waals surface area contributed by atoms with Crippen LogP contribution in [0.1, 0.15) is 76.4 Å². The summed E-state index contributed by atoms with van der Waals surface area (Å²) >= 11 is 1.36. The number of thiophene rings is 1. The van der Waals surface area contributed by atoms with Crippen LogP contribution in [0.4, 0.5) is 13.8 Å². The Bertz CT molecular complexity index is 1470. The molecule has 7 nitrogen and oxygen atoms in total. The van der Waals surface area contributed by atoms with Crippen LogP contribution in [0.2, 0.25) is 0 Å². The average molecular weight is 525 g/mol. The number of alkyl halides is 2. The maximum absolute atomic E-state index is 13.9. The standard InChI is InChI=1S/C27H26F2N4O3S/c1-3-15(2)36-27(35)22-17-11-7-8-12-21(17)37-26(22)32-25(34)18-14-30-33-20(23(28)29)13-19(31-24(18)33)16-9-5-4-6-10-16/h4-6,9-10,13-15,23H,3,7-8,11-12H2,1-2H3,(H,32,34). The Balaban J connectivity index is 1.55. The number of ether oxygens (including phenoxy) is 1. The Kier molecular flexibility index (Phi) is 7.01. The van der Waals surface area contributed by atoms with Gasteiger partial charge in [-0.25, -0.2) is 23.1 Å². The van der Waals surface area contributed by atoms with Gasteiger partial charge in [0.1, 0.15) is 16.3 Å². The molecule has 1 aliphatic carbocycles. The van der Waals surface area contributed by atoms with E-state index in [9.17, 15) is 18.4 Å². The molecule has 1 unspecified atom stereocenters. The molecule has 192 valence electrons. The molecule has 10 heteroatoms. The molecule has 37 heavy (non-hydrogen) atoms. The number of carbonyl (C=O) groups is 2. The van der Waals surface area contributed by atoms with Crippen molar-refractivity contribution >= 4 is 33.9 Å². The van der Waals surface area contributed by atoms with E-state index in [0.29, 0.717) is 28.2 Å². The molecule has 1 aromatic carbocycles. The quantitative estimate of drug-likeness (QED) is 0.280. The number of rotatable bonds is 7. The second-order valence-corrected chi connectivity index (χ2v) is 10.1. The summed E-state index contributed by atoms with van der Waals surface area (Å²) in [4.78, 5) is 32.1. The SMILES string of the molecule is CCC(C)OC(=O)c1c(NC(=O)c2cnn3c(C(F)F)cc(-c4ccccc4)nc23)sc2c1CCCC2. The van der Waals surface area contributed by atoms with E-state index in [0.717, 1.165) is 40.6 Å². The van der Waals surface area contributed by atoms with Gasteiger partial charge in [0.05, 0.1) is 23.6 Å². The molecule has 3 heterocycles. The number of halogens is 2. The van der Waals surface area contributed by atoms with Gasteiger partial charge in [-0.05, 0) is 50.7 Å². The first-order chi connectivity index (χ1) is 17.9. The Morgan fingerprint density at radius 3 is 2.68 bits per heavy atom. The zero-order valence-corrected chi connectivity index (χ0v) is 21.3. The maximum Gasteiger partial charge on any atom is 0.341 e. The predicted molar refractivity (Wildman–Crippen MR) is 137 cm³/mol. The van der Waals surface area contributed by atoms with Crippen molar-refractivity contribution in [2.45, 2.75) is 58.5 Å². The summed E-state index contributed by atoms with van der Waals surface area (Å²) in [5.41, 5.74) is 1.93. The summed E-state index contributed by atoms with van der Waals surface area (Å²) in [6.07, 6.45) is 2.35. The summed E-state index contributed by atoms with van der Waals surface area (Å²) in [5.74, 6) is -1.04. The van der Waals surface area contributed by atoms with E-state index in [2.05, 4.69) is 15.4 Å². The molecule has 0 fully saturated rings. The molecular formula is C27H26F2N4O3S. The minimum absolute atomic E-state index is 0.0132. The van der Waals surface area contributed by atoms with Crippen molar-refractivity contribution in [3.05, 3.63) is 69.9 Å². The number of benzene rings is 1. The van der Waals surface area contributed by atoms with Crippen LogP contribution in [0.15, 0.2) is 42.6 Å². The molecule has 0 bridgehead atoms. The number of anilines is 1. The Hall–Kier alpha value is -3.66. The Morgan fingerprint density at radius 2 is 1.95 bits per heavy atom. The third-order valence-corrected chi connectivity index (χ3v) is 7.73. The second-order valence-electron chi connectivity index (χ2n) is 9.02.